The highest BCUT2D eigenvalue weighted by atomic mass is 19.4. The average molecular weight is 343 g/mol. The predicted octanol–water partition coefficient (Wildman–Crippen LogP) is 0.736. The Morgan fingerprint density at radius 2 is 2.00 bits per heavy atom. The van der Waals surface area contributed by atoms with E-state index in [4.69, 9.17) is 11.0 Å². The molecule has 0 atom stereocenters. The van der Waals surface area contributed by atoms with Crippen molar-refractivity contribution >= 4 is 11.8 Å². The Morgan fingerprint density at radius 3 is 2.50 bits per heavy atom. The van der Waals surface area contributed by atoms with Gasteiger partial charge in [-0.2, -0.15) is 18.4 Å². The molecule has 24 heavy (non-hydrogen) atoms. The molecule has 7 nitrogen and oxygen atoms in total. The number of halogens is 3. The van der Waals surface area contributed by atoms with Gasteiger partial charge in [-0.1, -0.05) is 0 Å². The summed E-state index contributed by atoms with van der Waals surface area (Å²) in [5.41, 5.74) is 2.89. The number of nitriles is 1. The van der Waals surface area contributed by atoms with Crippen LogP contribution in [0, 0.1) is 11.3 Å². The molecule has 0 aliphatic rings. The Morgan fingerprint density at radius 1 is 1.38 bits per heavy atom. The molecular formula is C14H12F3N3O4. The lowest BCUT2D eigenvalue weighted by Gasteiger charge is -2.10. The number of rotatable bonds is 5. The van der Waals surface area contributed by atoms with Crippen LogP contribution in [0.15, 0.2) is 34.4 Å². The van der Waals surface area contributed by atoms with E-state index in [1.807, 2.05) is 0 Å². The zero-order chi connectivity index (χ0) is 18.5. The number of pyridine rings is 1. The van der Waals surface area contributed by atoms with E-state index >= 15 is 0 Å². The Labute approximate surface area is 133 Å². The molecule has 1 rings (SSSR count). The van der Waals surface area contributed by atoms with E-state index in [0.29, 0.717) is 22.9 Å². The lowest BCUT2D eigenvalue weighted by atomic mass is 10.1. The largest absolute Gasteiger partial charge is 0.456 e. The maximum atomic E-state index is 12.6. The summed E-state index contributed by atoms with van der Waals surface area (Å²) in [5, 5.41) is 8.71. The molecule has 0 aliphatic heterocycles. The van der Waals surface area contributed by atoms with Crippen molar-refractivity contribution in [1.29, 1.82) is 5.26 Å². The van der Waals surface area contributed by atoms with Crippen LogP contribution in [0.2, 0.25) is 0 Å². The van der Waals surface area contributed by atoms with Gasteiger partial charge < -0.3 is 15.0 Å². The van der Waals surface area contributed by atoms with Crippen molar-refractivity contribution in [2.75, 3.05) is 6.61 Å². The molecule has 0 fully saturated rings. The van der Waals surface area contributed by atoms with Crippen LogP contribution >= 0.6 is 0 Å². The fraction of sp³-hybridized carbons (Fsp3) is 0.286. The number of hydrogen-bond donors (Lipinski definition) is 1. The number of carbonyl (C=O) groups is 2. The molecule has 2 N–H and O–H groups in total. The highest BCUT2D eigenvalue weighted by Crippen LogP contribution is 2.27. The summed E-state index contributed by atoms with van der Waals surface area (Å²) in [5.74, 6) is -1.97. The van der Waals surface area contributed by atoms with Crippen LogP contribution in [0.5, 0.6) is 0 Å². The number of esters is 1. The highest BCUT2D eigenvalue weighted by molar-refractivity contribution is 6.01. The molecule has 0 bridgehead atoms. The van der Waals surface area contributed by atoms with Gasteiger partial charge in [0.05, 0.1) is 5.56 Å². The van der Waals surface area contributed by atoms with E-state index in [1.54, 1.807) is 6.07 Å². The van der Waals surface area contributed by atoms with Gasteiger partial charge in [0.2, 0.25) is 5.78 Å². The third-order valence-corrected chi connectivity index (χ3v) is 2.76. The van der Waals surface area contributed by atoms with Crippen molar-refractivity contribution < 1.29 is 27.5 Å². The molecule has 128 valence electrons. The van der Waals surface area contributed by atoms with Gasteiger partial charge in [-0.25, -0.2) is 0 Å². The minimum Gasteiger partial charge on any atom is -0.456 e. The number of ketones is 1. The first kappa shape index (κ1) is 19.0. The summed E-state index contributed by atoms with van der Waals surface area (Å²) in [6.07, 6.45) is -4.21. The number of alkyl halides is 3. The van der Waals surface area contributed by atoms with Crippen LogP contribution in [-0.4, -0.2) is 22.9 Å². The summed E-state index contributed by atoms with van der Waals surface area (Å²) >= 11 is 0. The smallest absolute Gasteiger partial charge is 0.417 e. The predicted molar refractivity (Wildman–Crippen MR) is 74.2 cm³/mol. The van der Waals surface area contributed by atoms with E-state index in [9.17, 15) is 27.6 Å². The molecule has 1 aromatic rings. The molecule has 0 unspecified atom stereocenters. The number of ether oxygens (including phenoxy) is 1. The second-order valence-corrected chi connectivity index (χ2v) is 4.64. The summed E-state index contributed by atoms with van der Waals surface area (Å²) in [6, 6.07) is 2.79. The molecular weight excluding hydrogens is 331 g/mol. The third kappa shape index (κ3) is 4.98. The molecule has 0 saturated heterocycles. The summed E-state index contributed by atoms with van der Waals surface area (Å²) in [6.45, 7) is -0.326. The van der Waals surface area contributed by atoms with Crippen LogP contribution < -0.4 is 11.3 Å². The summed E-state index contributed by atoms with van der Waals surface area (Å²) in [4.78, 5) is 34.6. The van der Waals surface area contributed by atoms with Gasteiger partial charge in [-0.05, 0) is 13.0 Å². The van der Waals surface area contributed by atoms with Crippen molar-refractivity contribution in [2.24, 2.45) is 5.73 Å². The topological polar surface area (TPSA) is 115 Å². The minimum absolute atomic E-state index is 0.0624. The number of aromatic nitrogens is 1. The number of nitrogens with two attached hydrogens (primary N) is 1. The lowest BCUT2D eigenvalue weighted by molar-refractivity contribution is -0.148. The summed E-state index contributed by atoms with van der Waals surface area (Å²) in [7, 11) is 0. The first-order valence-corrected chi connectivity index (χ1v) is 6.39. The van der Waals surface area contributed by atoms with E-state index in [-0.39, 0.29) is 11.3 Å². The van der Waals surface area contributed by atoms with Crippen LogP contribution in [0.25, 0.3) is 0 Å². The number of carbonyl (C=O) groups excluding carboxylic acids is 2. The zero-order valence-corrected chi connectivity index (χ0v) is 12.4. The Balaban J connectivity index is 2.80. The molecule has 0 spiro atoms. The maximum absolute atomic E-state index is 12.6. The SMILES string of the molecule is C/C(N)=C(/C#N)C(=O)COC(=O)Cn1cc(C(F)(F)F)ccc1=O. The first-order chi connectivity index (χ1) is 11.1. The lowest BCUT2D eigenvalue weighted by Crippen LogP contribution is -2.27. The van der Waals surface area contributed by atoms with Crippen LogP contribution in [0.4, 0.5) is 13.2 Å². The van der Waals surface area contributed by atoms with Crippen molar-refractivity contribution in [1.82, 2.24) is 4.57 Å². The maximum Gasteiger partial charge on any atom is 0.417 e. The zero-order valence-electron chi connectivity index (χ0n) is 12.4. The number of Topliss-reactive ketones (excluding diaryl/α,β-unsaturated/α-hetero) is 1. The molecule has 10 heteroatoms. The van der Waals surface area contributed by atoms with Crippen LogP contribution in [-0.2, 0) is 27.0 Å². The molecule has 0 saturated carbocycles. The van der Waals surface area contributed by atoms with E-state index in [1.165, 1.54) is 6.92 Å². The molecule has 1 heterocycles. The van der Waals surface area contributed by atoms with Crippen molar-refractivity contribution in [2.45, 2.75) is 19.6 Å². The fourth-order valence-corrected chi connectivity index (χ4v) is 1.60. The minimum atomic E-state index is -4.68. The van der Waals surface area contributed by atoms with Gasteiger partial charge in [0.1, 0.15) is 18.2 Å². The van der Waals surface area contributed by atoms with Crippen molar-refractivity contribution in [3.8, 4) is 6.07 Å². The van der Waals surface area contributed by atoms with Gasteiger partial charge >= 0.3 is 12.1 Å². The van der Waals surface area contributed by atoms with E-state index < -0.39 is 42.2 Å². The summed E-state index contributed by atoms with van der Waals surface area (Å²) < 4.78 is 42.8. The standard InChI is InChI=1S/C14H12F3N3O4/c1-8(19)10(4-18)11(21)7-24-13(23)6-20-5-9(14(15,16)17)2-3-12(20)22/h2-3,5H,6-7,19H2,1H3/b10-8+. The van der Waals surface area contributed by atoms with Gasteiger partial charge in [-0.3, -0.25) is 14.4 Å². The quantitative estimate of drug-likeness (QED) is 0.479. The molecule has 0 aliphatic carbocycles. The number of allylic oxidation sites excluding steroid dienone is 1. The average Bonchev–Trinajstić information content (AvgIpc) is 2.46. The Bertz CT molecular complexity index is 784. The van der Waals surface area contributed by atoms with Crippen LogP contribution in [0.3, 0.4) is 0 Å². The van der Waals surface area contributed by atoms with E-state index in [2.05, 4.69) is 4.74 Å². The molecule has 1 aromatic heterocycles. The van der Waals surface area contributed by atoms with Gasteiger partial charge in [0.25, 0.3) is 5.56 Å². The highest BCUT2D eigenvalue weighted by Gasteiger charge is 2.31. The van der Waals surface area contributed by atoms with Gasteiger partial charge in [-0.15, -0.1) is 0 Å². The Kier molecular flexibility index (Phi) is 5.89. The van der Waals surface area contributed by atoms with Gasteiger partial charge in [0, 0.05) is 18.0 Å². The van der Waals surface area contributed by atoms with Gasteiger partial charge in [0.15, 0.2) is 6.61 Å². The van der Waals surface area contributed by atoms with Crippen molar-refractivity contribution in [3.05, 3.63) is 45.5 Å². The normalized spacial score (nSPS) is 12.1. The Hall–Kier alpha value is -3.09. The number of hydrogen-bond acceptors (Lipinski definition) is 6. The van der Waals surface area contributed by atoms with E-state index in [0.717, 1.165) is 0 Å². The second-order valence-electron chi connectivity index (χ2n) is 4.64. The first-order valence-electron chi connectivity index (χ1n) is 6.39. The fourth-order valence-electron chi connectivity index (χ4n) is 1.60. The molecule has 0 radical (unpaired) electrons. The monoisotopic (exact) mass is 343 g/mol. The van der Waals surface area contributed by atoms with Crippen LogP contribution in [0.1, 0.15) is 12.5 Å². The third-order valence-electron chi connectivity index (χ3n) is 2.76. The molecule has 0 aromatic carbocycles. The molecule has 0 amide bonds. The van der Waals surface area contributed by atoms with Crippen molar-refractivity contribution in [3.63, 3.8) is 0 Å². The number of nitrogens with zero attached hydrogens (tertiary/aromatic N) is 2. The second kappa shape index (κ2) is 7.45.